The number of nitrogens with one attached hydrogen (secondary N) is 1. The summed E-state index contributed by atoms with van der Waals surface area (Å²) in [6, 6.07) is 18.9. The number of hydrogen-bond donors (Lipinski definition) is 1. The van der Waals surface area contributed by atoms with E-state index in [-0.39, 0.29) is 11.9 Å². The summed E-state index contributed by atoms with van der Waals surface area (Å²) in [5, 5.41) is 4.45. The van der Waals surface area contributed by atoms with Gasteiger partial charge in [0.05, 0.1) is 11.6 Å². The number of amides is 1. The predicted molar refractivity (Wildman–Crippen MR) is 136 cm³/mol. The van der Waals surface area contributed by atoms with Crippen molar-refractivity contribution in [2.75, 3.05) is 24.6 Å². The number of hydrogen-bond acceptors (Lipinski definition) is 4. The Morgan fingerprint density at radius 3 is 2.59 bits per heavy atom. The number of aryl methyl sites for hydroxylation is 1. The fraction of sp³-hybridized carbons (Fsp3) is 0.296. The van der Waals surface area contributed by atoms with Gasteiger partial charge in [0.25, 0.3) is 5.91 Å². The van der Waals surface area contributed by atoms with Gasteiger partial charge >= 0.3 is 0 Å². The molecular formula is C27H26Cl2N2O3. The van der Waals surface area contributed by atoms with Crippen LogP contribution in [-0.2, 0) is 6.42 Å². The first kappa shape index (κ1) is 22.9. The lowest BCUT2D eigenvalue weighted by Gasteiger charge is -2.34. The Bertz CT molecular complexity index is 1170. The highest BCUT2D eigenvalue weighted by Crippen LogP contribution is 2.37. The SMILES string of the molecule is O=C(NC1CCN(c2cccc(Cl)c2)CC1)c1ccc(Oc2cc3c(cc2Cl)CCCO3)cc1. The predicted octanol–water partition coefficient (Wildman–Crippen LogP) is 6.51. The Balaban J connectivity index is 1.16. The highest BCUT2D eigenvalue weighted by Gasteiger charge is 2.22. The van der Waals surface area contributed by atoms with E-state index in [0.717, 1.165) is 60.8 Å². The highest BCUT2D eigenvalue weighted by molar-refractivity contribution is 6.32. The molecule has 0 bridgehead atoms. The standard InChI is InChI=1S/C27H26Cl2N2O3/c28-20-4-1-5-22(16-20)31-12-10-21(11-13-31)30-27(32)18-6-8-23(9-7-18)34-26-17-25-19(15-24(26)29)3-2-14-33-25/h1,4-9,15-17,21H,2-3,10-14H2,(H,30,32). The van der Waals surface area contributed by atoms with E-state index < -0.39 is 0 Å². The number of piperidine rings is 1. The van der Waals surface area contributed by atoms with Crippen molar-refractivity contribution in [3.8, 4) is 17.2 Å². The zero-order chi connectivity index (χ0) is 23.5. The number of carbonyl (C=O) groups is 1. The fourth-order valence-corrected chi connectivity index (χ4v) is 4.86. The van der Waals surface area contributed by atoms with E-state index in [9.17, 15) is 4.79 Å². The Kier molecular flexibility index (Phi) is 6.84. The largest absolute Gasteiger partial charge is 0.493 e. The van der Waals surface area contributed by atoms with E-state index in [1.165, 1.54) is 0 Å². The molecule has 7 heteroatoms. The topological polar surface area (TPSA) is 50.8 Å². The third kappa shape index (κ3) is 5.26. The number of carbonyl (C=O) groups excluding carboxylic acids is 1. The number of halogens is 2. The monoisotopic (exact) mass is 496 g/mol. The van der Waals surface area contributed by atoms with Gasteiger partial charge in [0.15, 0.2) is 0 Å². The average Bonchev–Trinajstić information content (AvgIpc) is 2.85. The summed E-state index contributed by atoms with van der Waals surface area (Å²) in [5.41, 5.74) is 2.83. The molecule has 0 aliphatic carbocycles. The number of benzene rings is 3. The van der Waals surface area contributed by atoms with Crippen molar-refractivity contribution < 1.29 is 14.3 Å². The van der Waals surface area contributed by atoms with Gasteiger partial charge in [-0.1, -0.05) is 29.3 Å². The van der Waals surface area contributed by atoms with Crippen LogP contribution in [0.2, 0.25) is 10.0 Å². The molecule has 0 unspecified atom stereocenters. The van der Waals surface area contributed by atoms with Crippen LogP contribution in [0.4, 0.5) is 5.69 Å². The van der Waals surface area contributed by atoms with Gasteiger partial charge in [-0.25, -0.2) is 0 Å². The minimum Gasteiger partial charge on any atom is -0.493 e. The Labute approximate surface area is 209 Å². The molecule has 3 aromatic rings. The first-order chi connectivity index (χ1) is 16.5. The van der Waals surface area contributed by atoms with Gasteiger partial charge in [-0.3, -0.25) is 4.79 Å². The van der Waals surface area contributed by atoms with Crippen LogP contribution in [0.25, 0.3) is 0 Å². The molecule has 0 radical (unpaired) electrons. The minimum absolute atomic E-state index is 0.0760. The summed E-state index contributed by atoms with van der Waals surface area (Å²) in [7, 11) is 0. The molecule has 3 aromatic carbocycles. The summed E-state index contributed by atoms with van der Waals surface area (Å²) < 4.78 is 11.7. The summed E-state index contributed by atoms with van der Waals surface area (Å²) >= 11 is 12.5. The molecule has 0 saturated carbocycles. The molecule has 1 saturated heterocycles. The summed E-state index contributed by atoms with van der Waals surface area (Å²) in [6.07, 6.45) is 3.73. The molecule has 2 aliphatic rings. The van der Waals surface area contributed by atoms with Gasteiger partial charge in [0.1, 0.15) is 17.2 Å². The smallest absolute Gasteiger partial charge is 0.251 e. The van der Waals surface area contributed by atoms with E-state index in [2.05, 4.69) is 16.3 Å². The maximum atomic E-state index is 12.8. The molecule has 0 spiro atoms. The molecule has 0 aromatic heterocycles. The zero-order valence-corrected chi connectivity index (χ0v) is 20.2. The van der Waals surface area contributed by atoms with Gasteiger partial charge in [0.2, 0.25) is 0 Å². The number of ether oxygens (including phenoxy) is 2. The van der Waals surface area contributed by atoms with Crippen molar-refractivity contribution >= 4 is 34.8 Å². The van der Waals surface area contributed by atoms with E-state index in [4.69, 9.17) is 32.7 Å². The minimum atomic E-state index is -0.0760. The lowest BCUT2D eigenvalue weighted by atomic mass is 10.0. The number of nitrogens with zero attached hydrogens (tertiary/aromatic N) is 1. The quantitative estimate of drug-likeness (QED) is 0.437. The van der Waals surface area contributed by atoms with E-state index in [0.29, 0.717) is 28.7 Å². The Morgan fingerprint density at radius 2 is 1.82 bits per heavy atom. The van der Waals surface area contributed by atoms with Gasteiger partial charge in [-0.15, -0.1) is 0 Å². The number of fused-ring (bicyclic) bond motifs is 1. The first-order valence-electron chi connectivity index (χ1n) is 11.6. The average molecular weight is 497 g/mol. The lowest BCUT2D eigenvalue weighted by molar-refractivity contribution is 0.0931. The van der Waals surface area contributed by atoms with Crippen LogP contribution < -0.4 is 19.7 Å². The third-order valence-corrected chi connectivity index (χ3v) is 6.84. The molecule has 34 heavy (non-hydrogen) atoms. The maximum absolute atomic E-state index is 12.8. The van der Waals surface area contributed by atoms with Gasteiger partial charge in [-0.05, 0) is 79.8 Å². The molecular weight excluding hydrogens is 471 g/mol. The number of rotatable bonds is 5. The van der Waals surface area contributed by atoms with Crippen LogP contribution >= 0.6 is 23.2 Å². The molecule has 1 fully saturated rings. The van der Waals surface area contributed by atoms with E-state index in [1.54, 1.807) is 24.3 Å². The van der Waals surface area contributed by atoms with Crippen LogP contribution in [0.1, 0.15) is 35.2 Å². The van der Waals surface area contributed by atoms with Gasteiger partial charge < -0.3 is 19.7 Å². The van der Waals surface area contributed by atoms with Crippen molar-refractivity contribution in [3.05, 3.63) is 81.8 Å². The van der Waals surface area contributed by atoms with E-state index in [1.807, 2.05) is 30.3 Å². The van der Waals surface area contributed by atoms with E-state index >= 15 is 0 Å². The zero-order valence-electron chi connectivity index (χ0n) is 18.7. The molecule has 5 nitrogen and oxygen atoms in total. The Morgan fingerprint density at radius 1 is 1.03 bits per heavy atom. The van der Waals surface area contributed by atoms with Crippen LogP contribution in [0.15, 0.2) is 60.7 Å². The molecule has 1 amide bonds. The molecule has 0 atom stereocenters. The molecule has 2 heterocycles. The molecule has 1 N–H and O–H groups in total. The van der Waals surface area contributed by atoms with Crippen molar-refractivity contribution in [2.45, 2.75) is 31.7 Å². The van der Waals surface area contributed by atoms with Crippen LogP contribution in [-0.4, -0.2) is 31.6 Å². The van der Waals surface area contributed by atoms with Crippen molar-refractivity contribution in [1.29, 1.82) is 0 Å². The van der Waals surface area contributed by atoms with Crippen molar-refractivity contribution in [2.24, 2.45) is 0 Å². The summed E-state index contributed by atoms with van der Waals surface area (Å²) in [6.45, 7) is 2.46. The maximum Gasteiger partial charge on any atom is 0.251 e. The van der Waals surface area contributed by atoms with Gasteiger partial charge in [-0.2, -0.15) is 0 Å². The van der Waals surface area contributed by atoms with Crippen LogP contribution in [0, 0.1) is 0 Å². The van der Waals surface area contributed by atoms with Crippen LogP contribution in [0.5, 0.6) is 17.2 Å². The second kappa shape index (κ2) is 10.2. The normalized spacial score (nSPS) is 15.9. The second-order valence-corrected chi connectivity index (χ2v) is 9.53. The second-order valence-electron chi connectivity index (χ2n) is 8.68. The Hall–Kier alpha value is -2.89. The highest BCUT2D eigenvalue weighted by atomic mass is 35.5. The summed E-state index contributed by atoms with van der Waals surface area (Å²) in [5.74, 6) is 1.91. The fourth-order valence-electron chi connectivity index (χ4n) is 4.45. The number of anilines is 1. The molecule has 2 aliphatic heterocycles. The molecule has 176 valence electrons. The first-order valence-corrected chi connectivity index (χ1v) is 12.4. The van der Waals surface area contributed by atoms with Crippen molar-refractivity contribution in [1.82, 2.24) is 5.32 Å². The van der Waals surface area contributed by atoms with Crippen molar-refractivity contribution in [3.63, 3.8) is 0 Å². The molecule has 5 rings (SSSR count). The summed E-state index contributed by atoms with van der Waals surface area (Å²) in [4.78, 5) is 15.1. The lowest BCUT2D eigenvalue weighted by Crippen LogP contribution is -2.44. The van der Waals surface area contributed by atoms with Crippen LogP contribution in [0.3, 0.4) is 0 Å². The van der Waals surface area contributed by atoms with Gasteiger partial charge in [0, 0.05) is 41.5 Å². The third-order valence-electron chi connectivity index (χ3n) is 6.31.